The summed E-state index contributed by atoms with van der Waals surface area (Å²) in [5.74, 6) is 0.0452. The van der Waals surface area contributed by atoms with Crippen molar-refractivity contribution >= 4 is 29.2 Å². The number of aromatic nitrogens is 2. The number of nitrogens with one attached hydrogen (secondary N) is 2. The highest BCUT2D eigenvalue weighted by Crippen LogP contribution is 2.28. The summed E-state index contributed by atoms with van der Waals surface area (Å²) in [6, 6.07) is -0.229. The zero-order valence-corrected chi connectivity index (χ0v) is 10.3. The molecule has 1 aliphatic rings. The molecular weight excluding hydrogens is 278 g/mol. The average molecular weight is 288 g/mol. The number of rotatable bonds is 4. The molecule has 0 unspecified atom stereocenters. The van der Waals surface area contributed by atoms with Crippen LogP contribution in [-0.2, 0) is 0 Å². The first-order valence-electron chi connectivity index (χ1n) is 5.38. The number of nitro groups is 1. The Morgan fingerprint density at radius 2 is 2.21 bits per heavy atom. The van der Waals surface area contributed by atoms with E-state index in [1.807, 2.05) is 0 Å². The summed E-state index contributed by atoms with van der Waals surface area (Å²) in [4.78, 5) is 27.9. The number of hydrogen-bond acceptors (Lipinski definition) is 6. The van der Waals surface area contributed by atoms with E-state index < -0.39 is 11.0 Å². The van der Waals surface area contributed by atoms with Gasteiger partial charge < -0.3 is 15.7 Å². The summed E-state index contributed by atoms with van der Waals surface area (Å²) in [6.07, 6.45) is 1.01. The van der Waals surface area contributed by atoms with Crippen LogP contribution in [-0.4, -0.2) is 38.2 Å². The molecule has 0 saturated heterocycles. The van der Waals surface area contributed by atoms with Gasteiger partial charge in [0.1, 0.15) is 6.20 Å². The molecule has 0 aliphatic heterocycles. The van der Waals surface area contributed by atoms with E-state index in [-0.39, 0.29) is 28.9 Å². The second-order valence-corrected chi connectivity index (χ2v) is 4.43. The van der Waals surface area contributed by atoms with Crippen LogP contribution in [0.1, 0.15) is 12.8 Å². The van der Waals surface area contributed by atoms with Gasteiger partial charge in [0.2, 0.25) is 11.1 Å². The van der Waals surface area contributed by atoms with Crippen LogP contribution in [0.15, 0.2) is 6.20 Å². The Hall–Kier alpha value is -2.16. The van der Waals surface area contributed by atoms with Gasteiger partial charge in [0, 0.05) is 12.1 Å². The summed E-state index contributed by atoms with van der Waals surface area (Å²) in [6.45, 7) is 0. The topological polar surface area (TPSA) is 130 Å². The van der Waals surface area contributed by atoms with Crippen molar-refractivity contribution in [1.29, 1.82) is 0 Å². The molecule has 2 rings (SSSR count). The molecule has 0 radical (unpaired) electrons. The first-order valence-corrected chi connectivity index (χ1v) is 5.76. The van der Waals surface area contributed by atoms with Gasteiger partial charge in [0.15, 0.2) is 0 Å². The van der Waals surface area contributed by atoms with Gasteiger partial charge in [-0.25, -0.2) is 9.78 Å². The third kappa shape index (κ3) is 3.19. The highest BCUT2D eigenvalue weighted by molar-refractivity contribution is 6.28. The number of anilines is 1. The van der Waals surface area contributed by atoms with Crippen molar-refractivity contribution in [3.8, 4) is 0 Å². The fraction of sp³-hybridized carbons (Fsp3) is 0.444. The van der Waals surface area contributed by atoms with Crippen molar-refractivity contribution in [1.82, 2.24) is 15.3 Å². The van der Waals surface area contributed by atoms with E-state index in [4.69, 9.17) is 16.7 Å². The van der Waals surface area contributed by atoms with Gasteiger partial charge in [0.25, 0.3) is 0 Å². The third-order valence-corrected chi connectivity index (χ3v) is 2.93. The van der Waals surface area contributed by atoms with Gasteiger partial charge in [-0.15, -0.1) is 0 Å². The second kappa shape index (κ2) is 5.22. The molecule has 9 nitrogen and oxygen atoms in total. The molecule has 1 heterocycles. The Morgan fingerprint density at radius 1 is 1.53 bits per heavy atom. The monoisotopic (exact) mass is 287 g/mol. The minimum Gasteiger partial charge on any atom is -0.465 e. The van der Waals surface area contributed by atoms with E-state index in [0.29, 0.717) is 12.8 Å². The average Bonchev–Trinajstić information content (AvgIpc) is 2.25. The van der Waals surface area contributed by atoms with Crippen LogP contribution in [0.4, 0.5) is 16.3 Å². The first kappa shape index (κ1) is 13.3. The molecule has 10 heteroatoms. The van der Waals surface area contributed by atoms with Crippen molar-refractivity contribution in [2.45, 2.75) is 24.9 Å². The van der Waals surface area contributed by atoms with E-state index in [9.17, 15) is 14.9 Å². The molecule has 1 aromatic heterocycles. The molecule has 1 amide bonds. The SMILES string of the molecule is O=C(O)NC1CC(Nc2nc(Cl)ncc2[N+](=O)[O-])C1. The van der Waals surface area contributed by atoms with Crippen molar-refractivity contribution < 1.29 is 14.8 Å². The molecule has 3 N–H and O–H groups in total. The van der Waals surface area contributed by atoms with Crippen LogP contribution >= 0.6 is 11.6 Å². The van der Waals surface area contributed by atoms with Gasteiger partial charge in [-0.05, 0) is 24.4 Å². The zero-order valence-electron chi connectivity index (χ0n) is 9.54. The molecule has 0 bridgehead atoms. The maximum absolute atomic E-state index is 10.8. The van der Waals surface area contributed by atoms with Gasteiger partial charge in [-0.2, -0.15) is 4.98 Å². The van der Waals surface area contributed by atoms with E-state index >= 15 is 0 Å². The lowest BCUT2D eigenvalue weighted by molar-refractivity contribution is -0.384. The largest absolute Gasteiger partial charge is 0.465 e. The zero-order chi connectivity index (χ0) is 14.0. The maximum Gasteiger partial charge on any atom is 0.404 e. The smallest absolute Gasteiger partial charge is 0.404 e. The normalized spacial score (nSPS) is 21.3. The number of halogens is 1. The van der Waals surface area contributed by atoms with Crippen molar-refractivity contribution in [3.63, 3.8) is 0 Å². The molecular formula is C9H10ClN5O4. The van der Waals surface area contributed by atoms with Crippen LogP contribution in [0.25, 0.3) is 0 Å². The van der Waals surface area contributed by atoms with Gasteiger partial charge in [-0.3, -0.25) is 10.1 Å². The molecule has 1 fully saturated rings. The minimum atomic E-state index is -1.08. The first-order chi connectivity index (χ1) is 8.95. The number of carboxylic acid groups (broad SMARTS) is 1. The van der Waals surface area contributed by atoms with E-state index in [1.165, 1.54) is 0 Å². The van der Waals surface area contributed by atoms with Crippen LogP contribution in [0.5, 0.6) is 0 Å². The van der Waals surface area contributed by atoms with Crippen LogP contribution < -0.4 is 10.6 Å². The summed E-state index contributed by atoms with van der Waals surface area (Å²) >= 11 is 5.59. The van der Waals surface area contributed by atoms with Crippen molar-refractivity contribution in [2.75, 3.05) is 5.32 Å². The van der Waals surface area contributed by atoms with E-state index in [2.05, 4.69) is 20.6 Å². The van der Waals surface area contributed by atoms with Crippen molar-refractivity contribution in [3.05, 3.63) is 21.6 Å². The lowest BCUT2D eigenvalue weighted by atomic mass is 9.87. The van der Waals surface area contributed by atoms with Crippen LogP contribution in [0, 0.1) is 10.1 Å². The third-order valence-electron chi connectivity index (χ3n) is 2.74. The fourth-order valence-electron chi connectivity index (χ4n) is 1.82. The highest BCUT2D eigenvalue weighted by Gasteiger charge is 2.32. The number of hydrogen-bond donors (Lipinski definition) is 3. The molecule has 0 aromatic carbocycles. The summed E-state index contributed by atoms with van der Waals surface area (Å²) in [5, 5.41) is 24.4. The Balaban J connectivity index is 1.99. The Kier molecular flexibility index (Phi) is 3.65. The predicted octanol–water partition coefficient (Wildman–Crippen LogP) is 1.25. The molecule has 1 aromatic rings. The molecule has 0 spiro atoms. The Bertz CT molecular complexity index is 519. The van der Waals surface area contributed by atoms with Crippen LogP contribution in [0.2, 0.25) is 5.28 Å². The Morgan fingerprint density at radius 3 is 2.79 bits per heavy atom. The number of nitrogens with zero attached hydrogens (tertiary/aromatic N) is 3. The number of amides is 1. The maximum atomic E-state index is 10.8. The number of carbonyl (C=O) groups is 1. The summed E-state index contributed by atoms with van der Waals surface area (Å²) < 4.78 is 0. The lowest BCUT2D eigenvalue weighted by Crippen LogP contribution is -2.49. The predicted molar refractivity (Wildman–Crippen MR) is 65.3 cm³/mol. The molecule has 0 atom stereocenters. The van der Waals surface area contributed by atoms with Gasteiger partial charge >= 0.3 is 11.8 Å². The standard InChI is InChI=1S/C9H10ClN5O4/c10-8-11-3-6(15(18)19)7(14-8)12-4-1-5(2-4)13-9(16)17/h3-5,13H,1-2H2,(H,16,17)(H,11,12,14). The fourth-order valence-corrected chi connectivity index (χ4v) is 1.95. The molecule has 1 saturated carbocycles. The van der Waals surface area contributed by atoms with Crippen molar-refractivity contribution in [2.24, 2.45) is 0 Å². The Labute approximate surface area is 112 Å². The van der Waals surface area contributed by atoms with Gasteiger partial charge in [-0.1, -0.05) is 0 Å². The quantitative estimate of drug-likeness (QED) is 0.431. The van der Waals surface area contributed by atoms with E-state index in [0.717, 1.165) is 6.20 Å². The second-order valence-electron chi connectivity index (χ2n) is 4.09. The molecule has 19 heavy (non-hydrogen) atoms. The van der Waals surface area contributed by atoms with E-state index in [1.54, 1.807) is 0 Å². The lowest BCUT2D eigenvalue weighted by Gasteiger charge is -2.35. The summed E-state index contributed by atoms with van der Waals surface area (Å²) in [7, 11) is 0. The minimum absolute atomic E-state index is 0.0452. The van der Waals surface area contributed by atoms with Crippen LogP contribution in [0.3, 0.4) is 0 Å². The highest BCUT2D eigenvalue weighted by atomic mass is 35.5. The van der Waals surface area contributed by atoms with Gasteiger partial charge in [0.05, 0.1) is 4.92 Å². The molecule has 102 valence electrons. The molecule has 1 aliphatic carbocycles. The summed E-state index contributed by atoms with van der Waals surface area (Å²) in [5.41, 5.74) is -0.265.